The maximum absolute atomic E-state index is 13.4. The summed E-state index contributed by atoms with van der Waals surface area (Å²) < 4.78 is 35.9. The van der Waals surface area contributed by atoms with Crippen molar-refractivity contribution in [2.45, 2.75) is 24.2 Å². The number of nitrogens with one attached hydrogen (secondary N) is 1. The van der Waals surface area contributed by atoms with E-state index >= 15 is 0 Å². The van der Waals surface area contributed by atoms with Crippen molar-refractivity contribution in [3.8, 4) is 17.0 Å². The summed E-state index contributed by atoms with van der Waals surface area (Å²) in [5, 5.41) is 5.16. The van der Waals surface area contributed by atoms with Gasteiger partial charge >= 0.3 is 0 Å². The van der Waals surface area contributed by atoms with Crippen LogP contribution < -0.4 is 9.46 Å². The molecule has 3 heterocycles. The predicted molar refractivity (Wildman–Crippen MR) is 146 cm³/mol. The van der Waals surface area contributed by atoms with Gasteiger partial charge in [0.25, 0.3) is 15.9 Å². The van der Waals surface area contributed by atoms with E-state index in [0.29, 0.717) is 16.9 Å². The van der Waals surface area contributed by atoms with Crippen molar-refractivity contribution in [1.29, 1.82) is 0 Å². The van der Waals surface area contributed by atoms with Gasteiger partial charge in [-0.2, -0.15) is 5.10 Å². The average molecular weight is 543 g/mol. The third-order valence-corrected chi connectivity index (χ3v) is 7.82. The molecule has 0 unspecified atom stereocenters. The lowest BCUT2D eigenvalue weighted by Crippen LogP contribution is -2.32. The van der Waals surface area contributed by atoms with Crippen LogP contribution in [0.5, 0.6) is 5.75 Å². The van der Waals surface area contributed by atoms with Crippen molar-refractivity contribution in [3.63, 3.8) is 0 Å². The molecule has 2 aromatic carbocycles. The van der Waals surface area contributed by atoms with E-state index in [1.807, 2.05) is 44.2 Å². The topological polar surface area (TPSA) is 129 Å². The van der Waals surface area contributed by atoms with Gasteiger partial charge in [-0.25, -0.2) is 23.1 Å². The van der Waals surface area contributed by atoms with E-state index in [4.69, 9.17) is 4.74 Å². The van der Waals surface area contributed by atoms with Crippen LogP contribution in [0.4, 0.5) is 0 Å². The van der Waals surface area contributed by atoms with Crippen molar-refractivity contribution in [2.75, 3.05) is 7.11 Å². The van der Waals surface area contributed by atoms with Gasteiger partial charge in [-0.3, -0.25) is 14.5 Å². The molecular formula is C28H26N6O4S. The molecule has 198 valence electrons. The van der Waals surface area contributed by atoms with Crippen LogP contribution in [0.3, 0.4) is 0 Å². The number of rotatable bonds is 7. The van der Waals surface area contributed by atoms with E-state index in [0.717, 1.165) is 16.6 Å². The van der Waals surface area contributed by atoms with Crippen molar-refractivity contribution < 1.29 is 17.9 Å². The first-order valence-electron chi connectivity index (χ1n) is 12.0. The SMILES string of the molecule is COc1ccc(C(C)(C)c2ncn(C)n2)cc1S(=O)(=O)NC(=O)c1ccc2c(-c3ccccn3)cccc2n1. The molecule has 0 aliphatic carbocycles. The Balaban J connectivity index is 1.47. The Morgan fingerprint density at radius 3 is 2.51 bits per heavy atom. The standard InChI is InChI=1S/C28H26N6O4S/c1-28(2,27-30-17-34(3)32-27)18-11-14-24(38-4)25(16-18)39(36,37)33-26(35)23-13-12-20-19(8-7-10-22(20)31-23)21-9-5-6-15-29-21/h5-17H,1-4H3,(H,33,35). The molecule has 0 bridgehead atoms. The summed E-state index contributed by atoms with van der Waals surface area (Å²) in [5.41, 5.74) is 2.03. The summed E-state index contributed by atoms with van der Waals surface area (Å²) in [7, 11) is -1.21. The number of carbonyl (C=O) groups excluding carboxylic acids is 1. The van der Waals surface area contributed by atoms with E-state index in [1.165, 1.54) is 19.2 Å². The van der Waals surface area contributed by atoms with E-state index in [2.05, 4.69) is 24.8 Å². The normalized spacial score (nSPS) is 11.9. The molecule has 0 spiro atoms. The molecule has 0 aliphatic rings. The lowest BCUT2D eigenvalue weighted by atomic mass is 9.84. The number of aromatic nitrogens is 5. The Morgan fingerprint density at radius 2 is 1.82 bits per heavy atom. The van der Waals surface area contributed by atoms with Crippen molar-refractivity contribution in [2.24, 2.45) is 7.05 Å². The van der Waals surface area contributed by atoms with Gasteiger partial charge < -0.3 is 4.74 Å². The number of pyridine rings is 2. The Bertz CT molecular complexity index is 1800. The smallest absolute Gasteiger partial charge is 0.283 e. The number of benzene rings is 2. The van der Waals surface area contributed by atoms with Crippen LogP contribution in [-0.2, 0) is 22.5 Å². The van der Waals surface area contributed by atoms with Crippen LogP contribution in [-0.4, -0.2) is 46.2 Å². The van der Waals surface area contributed by atoms with E-state index < -0.39 is 21.3 Å². The highest BCUT2D eigenvalue weighted by Crippen LogP contribution is 2.34. The van der Waals surface area contributed by atoms with Gasteiger partial charge in [0, 0.05) is 24.2 Å². The molecular weight excluding hydrogens is 516 g/mol. The minimum atomic E-state index is -4.34. The molecule has 3 aromatic heterocycles. The number of amides is 1. The van der Waals surface area contributed by atoms with Gasteiger partial charge in [0.15, 0.2) is 5.82 Å². The minimum Gasteiger partial charge on any atom is -0.495 e. The highest BCUT2D eigenvalue weighted by molar-refractivity contribution is 7.90. The second-order valence-electron chi connectivity index (χ2n) is 9.45. The van der Waals surface area contributed by atoms with Crippen LogP contribution in [0.2, 0.25) is 0 Å². The quantitative estimate of drug-likeness (QED) is 0.328. The largest absolute Gasteiger partial charge is 0.495 e. The van der Waals surface area contributed by atoms with Gasteiger partial charge in [0.2, 0.25) is 0 Å². The fourth-order valence-electron chi connectivity index (χ4n) is 4.29. The maximum Gasteiger partial charge on any atom is 0.283 e. The molecule has 11 heteroatoms. The summed E-state index contributed by atoms with van der Waals surface area (Å²) in [6.45, 7) is 3.77. The van der Waals surface area contributed by atoms with E-state index in [9.17, 15) is 13.2 Å². The second-order valence-corrected chi connectivity index (χ2v) is 11.1. The number of nitrogens with zero attached hydrogens (tertiary/aromatic N) is 5. The molecule has 1 amide bonds. The predicted octanol–water partition coefficient (Wildman–Crippen LogP) is 3.88. The van der Waals surface area contributed by atoms with Crippen LogP contribution in [0.25, 0.3) is 22.2 Å². The summed E-state index contributed by atoms with van der Waals surface area (Å²) in [6.07, 6.45) is 3.28. The highest BCUT2D eigenvalue weighted by Gasteiger charge is 2.31. The third-order valence-electron chi connectivity index (χ3n) is 6.47. The van der Waals surface area contributed by atoms with E-state index in [1.54, 1.807) is 48.5 Å². The lowest BCUT2D eigenvalue weighted by molar-refractivity contribution is 0.0977. The highest BCUT2D eigenvalue weighted by atomic mass is 32.2. The number of hydrogen-bond donors (Lipinski definition) is 1. The molecule has 1 N–H and O–H groups in total. The fourth-order valence-corrected chi connectivity index (χ4v) is 5.44. The molecule has 0 saturated carbocycles. The van der Waals surface area contributed by atoms with Crippen molar-refractivity contribution in [3.05, 3.63) is 96.3 Å². The van der Waals surface area contributed by atoms with E-state index in [-0.39, 0.29) is 16.3 Å². The molecule has 5 rings (SSSR count). The summed E-state index contributed by atoms with van der Waals surface area (Å²) in [6, 6.07) is 19.1. The van der Waals surface area contributed by atoms with Crippen LogP contribution in [0, 0.1) is 0 Å². The summed E-state index contributed by atoms with van der Waals surface area (Å²) in [5.74, 6) is -0.249. The number of fused-ring (bicyclic) bond motifs is 1. The lowest BCUT2D eigenvalue weighted by Gasteiger charge is -2.23. The Morgan fingerprint density at radius 1 is 1.00 bits per heavy atom. The number of hydrogen-bond acceptors (Lipinski definition) is 8. The second kappa shape index (κ2) is 9.91. The molecule has 39 heavy (non-hydrogen) atoms. The molecule has 0 saturated heterocycles. The van der Waals surface area contributed by atoms with Crippen LogP contribution in [0.15, 0.2) is 84.1 Å². The van der Waals surface area contributed by atoms with Crippen LogP contribution >= 0.6 is 0 Å². The third kappa shape index (κ3) is 4.96. The average Bonchev–Trinajstić information content (AvgIpc) is 3.39. The molecule has 0 fully saturated rings. The Labute approximate surface area is 225 Å². The first kappa shape index (κ1) is 26.0. The van der Waals surface area contributed by atoms with Gasteiger partial charge in [-0.15, -0.1) is 0 Å². The van der Waals surface area contributed by atoms with Crippen LogP contribution in [0.1, 0.15) is 35.7 Å². The van der Waals surface area contributed by atoms with Crippen molar-refractivity contribution >= 4 is 26.8 Å². The molecule has 0 aliphatic heterocycles. The zero-order chi connectivity index (χ0) is 27.8. The van der Waals surface area contributed by atoms with Gasteiger partial charge in [0.1, 0.15) is 22.7 Å². The summed E-state index contributed by atoms with van der Waals surface area (Å²) in [4.78, 5) is 26.1. The zero-order valence-corrected chi connectivity index (χ0v) is 22.6. The Hall–Kier alpha value is -4.64. The molecule has 0 atom stereocenters. The zero-order valence-electron chi connectivity index (χ0n) is 21.8. The van der Waals surface area contributed by atoms with Gasteiger partial charge in [-0.1, -0.05) is 24.3 Å². The first-order valence-corrected chi connectivity index (χ1v) is 13.5. The van der Waals surface area contributed by atoms with Crippen molar-refractivity contribution in [1.82, 2.24) is 29.5 Å². The summed E-state index contributed by atoms with van der Waals surface area (Å²) >= 11 is 0. The fraction of sp³-hybridized carbons (Fsp3) is 0.179. The monoisotopic (exact) mass is 542 g/mol. The molecule has 10 nitrogen and oxygen atoms in total. The number of aryl methyl sites for hydroxylation is 1. The molecule has 5 aromatic rings. The number of methoxy groups -OCH3 is 1. The van der Waals surface area contributed by atoms with Gasteiger partial charge in [-0.05, 0) is 61.9 Å². The Kier molecular flexibility index (Phi) is 6.61. The maximum atomic E-state index is 13.4. The number of ether oxygens (including phenoxy) is 1. The number of sulfonamides is 1. The number of carbonyl (C=O) groups is 1. The van der Waals surface area contributed by atoms with Gasteiger partial charge in [0.05, 0.1) is 23.7 Å². The first-order chi connectivity index (χ1) is 18.6. The molecule has 0 radical (unpaired) electrons. The minimum absolute atomic E-state index is 0.0441.